The number of carbonyl (C=O) groups excluding carboxylic acids is 1. The molecule has 1 aromatic carbocycles. The highest BCUT2D eigenvalue weighted by molar-refractivity contribution is 5.81. The molecular formula is C14H12N2O3. The summed E-state index contributed by atoms with van der Waals surface area (Å²) in [6, 6.07) is 9.13. The number of rotatable bonds is 4. The maximum Gasteiger partial charge on any atom is 0.185 e. The van der Waals surface area contributed by atoms with Gasteiger partial charge in [-0.15, -0.1) is 0 Å². The van der Waals surface area contributed by atoms with Gasteiger partial charge in [0.2, 0.25) is 0 Å². The average Bonchev–Trinajstić information content (AvgIpc) is 3.05. The molecule has 0 saturated carbocycles. The van der Waals surface area contributed by atoms with Gasteiger partial charge in [0.25, 0.3) is 0 Å². The van der Waals surface area contributed by atoms with E-state index in [0.29, 0.717) is 24.4 Å². The average molecular weight is 256 g/mol. The minimum Gasteiger partial charge on any atom is -0.453 e. The van der Waals surface area contributed by atoms with Crippen molar-refractivity contribution in [1.29, 1.82) is 0 Å². The predicted molar refractivity (Wildman–Crippen MR) is 69.9 cm³/mol. The highest BCUT2D eigenvalue weighted by Gasteiger charge is 2.08. The molecule has 0 amide bonds. The fourth-order valence-corrected chi connectivity index (χ4v) is 2.07. The van der Waals surface area contributed by atoms with Crippen LogP contribution in [0, 0.1) is 0 Å². The Labute approximate surface area is 109 Å². The van der Waals surface area contributed by atoms with E-state index in [9.17, 15) is 4.79 Å². The molecule has 0 aliphatic carbocycles. The molecule has 0 saturated heterocycles. The molecule has 0 spiro atoms. The largest absolute Gasteiger partial charge is 0.453 e. The number of aliphatic hydroxyl groups excluding tert-OH is 1. The monoisotopic (exact) mass is 256 g/mol. The number of furan rings is 1. The zero-order valence-corrected chi connectivity index (χ0v) is 10.1. The Kier molecular flexibility index (Phi) is 2.89. The topological polar surface area (TPSA) is 68.3 Å². The van der Waals surface area contributed by atoms with Crippen LogP contribution in [0.2, 0.25) is 0 Å². The lowest BCUT2D eigenvalue weighted by atomic mass is 10.1. The van der Waals surface area contributed by atoms with E-state index in [4.69, 9.17) is 9.52 Å². The van der Waals surface area contributed by atoms with Crippen LogP contribution in [-0.2, 0) is 6.54 Å². The number of aliphatic hydroxyl groups is 1. The molecule has 0 radical (unpaired) electrons. The molecular weight excluding hydrogens is 244 g/mol. The maximum absolute atomic E-state index is 10.6. The van der Waals surface area contributed by atoms with Gasteiger partial charge in [-0.2, -0.15) is 0 Å². The van der Waals surface area contributed by atoms with Gasteiger partial charge in [-0.05, 0) is 30.3 Å². The maximum atomic E-state index is 10.6. The van der Waals surface area contributed by atoms with Crippen molar-refractivity contribution in [1.82, 2.24) is 9.55 Å². The second-order valence-corrected chi connectivity index (χ2v) is 4.18. The van der Waals surface area contributed by atoms with Crippen molar-refractivity contribution in [3.8, 4) is 11.3 Å². The molecule has 19 heavy (non-hydrogen) atoms. The predicted octanol–water partition coefficient (Wildman–Crippen LogP) is 2.10. The Morgan fingerprint density at radius 1 is 1.32 bits per heavy atom. The van der Waals surface area contributed by atoms with Crippen molar-refractivity contribution < 1.29 is 14.3 Å². The zero-order chi connectivity index (χ0) is 13.2. The lowest BCUT2D eigenvalue weighted by Crippen LogP contribution is -1.99. The highest BCUT2D eigenvalue weighted by Crippen LogP contribution is 2.25. The van der Waals surface area contributed by atoms with E-state index < -0.39 is 0 Å². The summed E-state index contributed by atoms with van der Waals surface area (Å²) in [5, 5.41) is 8.96. The number of aromatic nitrogens is 2. The molecule has 96 valence electrons. The van der Waals surface area contributed by atoms with E-state index in [1.54, 1.807) is 18.5 Å². The molecule has 5 nitrogen and oxygen atoms in total. The second kappa shape index (κ2) is 4.70. The minimum absolute atomic E-state index is 0.0775. The van der Waals surface area contributed by atoms with Gasteiger partial charge in [0, 0.05) is 12.1 Å². The molecule has 0 atom stereocenters. The summed E-state index contributed by atoms with van der Waals surface area (Å²) in [4.78, 5) is 14.9. The van der Waals surface area contributed by atoms with Crippen molar-refractivity contribution >= 4 is 17.3 Å². The van der Waals surface area contributed by atoms with Gasteiger partial charge in [0.05, 0.1) is 24.0 Å². The van der Waals surface area contributed by atoms with Crippen molar-refractivity contribution in [2.45, 2.75) is 6.54 Å². The summed E-state index contributed by atoms with van der Waals surface area (Å²) < 4.78 is 7.27. The van der Waals surface area contributed by atoms with Crippen molar-refractivity contribution in [2.24, 2.45) is 0 Å². The Balaban J connectivity index is 2.04. The summed E-state index contributed by atoms with van der Waals surface area (Å²) >= 11 is 0. The number of nitrogens with zero attached hydrogens (tertiary/aromatic N) is 2. The van der Waals surface area contributed by atoms with Crippen LogP contribution in [0.5, 0.6) is 0 Å². The molecule has 1 N–H and O–H groups in total. The summed E-state index contributed by atoms with van der Waals surface area (Å²) in [6.45, 7) is 0.597. The first-order valence-electron chi connectivity index (χ1n) is 5.93. The SMILES string of the molecule is O=Cc1ccc(-c2ccc3c(c2)ncn3CCO)o1. The Bertz CT molecular complexity index is 727. The molecule has 0 unspecified atom stereocenters. The van der Waals surface area contributed by atoms with Crippen LogP contribution < -0.4 is 0 Å². The van der Waals surface area contributed by atoms with E-state index in [1.165, 1.54) is 0 Å². The zero-order valence-electron chi connectivity index (χ0n) is 10.1. The summed E-state index contributed by atoms with van der Waals surface area (Å²) in [6.07, 6.45) is 2.38. The number of aldehydes is 1. The minimum atomic E-state index is 0.0775. The first kappa shape index (κ1) is 11.7. The van der Waals surface area contributed by atoms with Crippen LogP contribution in [0.25, 0.3) is 22.4 Å². The molecule has 0 bridgehead atoms. The molecule has 2 aromatic heterocycles. The molecule has 3 rings (SSSR count). The van der Waals surface area contributed by atoms with E-state index in [-0.39, 0.29) is 6.61 Å². The van der Waals surface area contributed by atoms with E-state index in [1.807, 2.05) is 22.8 Å². The van der Waals surface area contributed by atoms with Crippen molar-refractivity contribution in [3.05, 3.63) is 42.4 Å². The highest BCUT2D eigenvalue weighted by atomic mass is 16.3. The summed E-state index contributed by atoms with van der Waals surface area (Å²) in [5.74, 6) is 0.946. The fraction of sp³-hybridized carbons (Fsp3) is 0.143. The number of carbonyl (C=O) groups is 1. The van der Waals surface area contributed by atoms with Gasteiger partial charge in [0.1, 0.15) is 5.76 Å². The molecule has 3 aromatic rings. The molecule has 5 heteroatoms. The normalized spacial score (nSPS) is 11.0. The smallest absolute Gasteiger partial charge is 0.185 e. The van der Waals surface area contributed by atoms with Gasteiger partial charge in [-0.3, -0.25) is 4.79 Å². The van der Waals surface area contributed by atoms with Gasteiger partial charge < -0.3 is 14.1 Å². The fourth-order valence-electron chi connectivity index (χ4n) is 2.07. The van der Waals surface area contributed by atoms with Crippen molar-refractivity contribution in [2.75, 3.05) is 6.61 Å². The van der Waals surface area contributed by atoms with E-state index in [0.717, 1.165) is 16.6 Å². The number of hydrogen-bond donors (Lipinski definition) is 1. The number of fused-ring (bicyclic) bond motifs is 1. The third-order valence-electron chi connectivity index (χ3n) is 2.99. The first-order chi connectivity index (χ1) is 9.31. The molecule has 0 aliphatic heterocycles. The van der Waals surface area contributed by atoms with Gasteiger partial charge >= 0.3 is 0 Å². The summed E-state index contributed by atoms with van der Waals surface area (Å²) in [5.41, 5.74) is 2.66. The lowest BCUT2D eigenvalue weighted by Gasteiger charge is -2.01. The Morgan fingerprint density at radius 2 is 2.21 bits per heavy atom. The standard InChI is InChI=1S/C14H12N2O3/c17-6-5-16-9-15-12-7-10(1-3-13(12)16)14-4-2-11(8-18)19-14/h1-4,7-9,17H,5-6H2. The van der Waals surface area contributed by atoms with Crippen LogP contribution in [0.4, 0.5) is 0 Å². The Hall–Kier alpha value is -2.40. The molecule has 2 heterocycles. The Morgan fingerprint density at radius 3 is 2.95 bits per heavy atom. The number of hydrogen-bond acceptors (Lipinski definition) is 4. The molecule has 0 fully saturated rings. The summed E-state index contributed by atoms with van der Waals surface area (Å²) in [7, 11) is 0. The lowest BCUT2D eigenvalue weighted by molar-refractivity contribution is 0.110. The van der Waals surface area contributed by atoms with Crippen LogP contribution in [0.1, 0.15) is 10.6 Å². The van der Waals surface area contributed by atoms with Crippen molar-refractivity contribution in [3.63, 3.8) is 0 Å². The van der Waals surface area contributed by atoms with Crippen LogP contribution in [0.3, 0.4) is 0 Å². The second-order valence-electron chi connectivity index (χ2n) is 4.18. The van der Waals surface area contributed by atoms with E-state index >= 15 is 0 Å². The van der Waals surface area contributed by atoms with Crippen LogP contribution in [0.15, 0.2) is 41.1 Å². The third-order valence-corrected chi connectivity index (χ3v) is 2.99. The van der Waals surface area contributed by atoms with Gasteiger partial charge in [-0.25, -0.2) is 4.98 Å². The van der Waals surface area contributed by atoms with Gasteiger partial charge in [0.15, 0.2) is 12.0 Å². The van der Waals surface area contributed by atoms with Gasteiger partial charge in [-0.1, -0.05) is 0 Å². The quantitative estimate of drug-likeness (QED) is 0.726. The van der Waals surface area contributed by atoms with Crippen LogP contribution in [-0.4, -0.2) is 27.6 Å². The number of benzene rings is 1. The number of imidazole rings is 1. The van der Waals surface area contributed by atoms with E-state index in [2.05, 4.69) is 4.98 Å². The first-order valence-corrected chi connectivity index (χ1v) is 5.93. The van der Waals surface area contributed by atoms with Crippen LogP contribution >= 0.6 is 0 Å². The molecule has 0 aliphatic rings. The third kappa shape index (κ3) is 2.04.